The van der Waals surface area contributed by atoms with E-state index in [-0.39, 0.29) is 11.9 Å². The van der Waals surface area contributed by atoms with Crippen LogP contribution >= 0.6 is 0 Å². The van der Waals surface area contributed by atoms with E-state index in [9.17, 15) is 9.59 Å². The molecule has 1 unspecified atom stereocenters. The van der Waals surface area contributed by atoms with E-state index in [0.29, 0.717) is 13.0 Å². The minimum Gasteiger partial charge on any atom is -0.344 e. The summed E-state index contributed by atoms with van der Waals surface area (Å²) in [5.41, 5.74) is 0.800. The first-order valence-corrected chi connectivity index (χ1v) is 6.92. The molecule has 1 aliphatic rings. The number of rotatable bonds is 4. The van der Waals surface area contributed by atoms with Crippen molar-refractivity contribution in [1.29, 1.82) is 0 Å². The van der Waals surface area contributed by atoms with Crippen LogP contribution in [0, 0.1) is 0 Å². The van der Waals surface area contributed by atoms with Gasteiger partial charge in [-0.25, -0.2) is 4.79 Å². The summed E-state index contributed by atoms with van der Waals surface area (Å²) in [4.78, 5) is 25.3. The maximum Gasteiger partial charge on any atom is 0.315 e. The van der Waals surface area contributed by atoms with Crippen molar-refractivity contribution in [2.45, 2.75) is 38.9 Å². The Morgan fingerprint density at radius 3 is 3.05 bits per heavy atom. The predicted molar refractivity (Wildman–Crippen MR) is 73.9 cm³/mol. The van der Waals surface area contributed by atoms with E-state index in [1.54, 1.807) is 16.6 Å². The molecule has 20 heavy (non-hydrogen) atoms. The van der Waals surface area contributed by atoms with Crippen LogP contribution in [0.15, 0.2) is 12.3 Å². The molecule has 1 saturated heterocycles. The Bertz CT molecular complexity index is 485. The van der Waals surface area contributed by atoms with Crippen molar-refractivity contribution in [3.05, 3.63) is 18.0 Å². The van der Waals surface area contributed by atoms with E-state index in [0.717, 1.165) is 25.2 Å². The Morgan fingerprint density at radius 1 is 1.55 bits per heavy atom. The van der Waals surface area contributed by atoms with Gasteiger partial charge < -0.3 is 15.5 Å². The molecule has 0 bridgehead atoms. The van der Waals surface area contributed by atoms with Crippen LogP contribution in [0.5, 0.6) is 0 Å². The van der Waals surface area contributed by atoms with Gasteiger partial charge >= 0.3 is 6.03 Å². The summed E-state index contributed by atoms with van der Waals surface area (Å²) in [5.74, 6) is -0.0262. The summed E-state index contributed by atoms with van der Waals surface area (Å²) in [6.45, 7) is 3.92. The zero-order valence-electron chi connectivity index (χ0n) is 11.9. The molecule has 2 rings (SSSR count). The van der Waals surface area contributed by atoms with Crippen LogP contribution in [0.3, 0.4) is 0 Å². The largest absolute Gasteiger partial charge is 0.344 e. The van der Waals surface area contributed by atoms with Gasteiger partial charge in [0.1, 0.15) is 6.04 Å². The van der Waals surface area contributed by atoms with Crippen molar-refractivity contribution in [1.82, 2.24) is 25.3 Å². The average molecular weight is 279 g/mol. The number of piperidine rings is 1. The molecular formula is C13H21N5O2. The summed E-state index contributed by atoms with van der Waals surface area (Å²) in [7, 11) is 1.76. The summed E-state index contributed by atoms with van der Waals surface area (Å²) in [6.07, 6.45) is 3.48. The fraction of sp³-hybridized carbons (Fsp3) is 0.615. The van der Waals surface area contributed by atoms with E-state index in [4.69, 9.17) is 0 Å². The SMILES string of the molecule is CCn1ccc(CNC(=O)NC2CCCN(C)C2=O)n1. The van der Waals surface area contributed by atoms with Gasteiger partial charge in [-0.05, 0) is 25.8 Å². The maximum absolute atomic E-state index is 11.8. The fourth-order valence-electron chi connectivity index (χ4n) is 2.22. The van der Waals surface area contributed by atoms with Crippen LogP contribution in [-0.2, 0) is 17.9 Å². The van der Waals surface area contributed by atoms with Crippen molar-refractivity contribution in [3.63, 3.8) is 0 Å². The van der Waals surface area contributed by atoms with Crippen molar-refractivity contribution in [3.8, 4) is 0 Å². The molecule has 1 aliphatic heterocycles. The minimum absolute atomic E-state index is 0.0262. The fourth-order valence-corrected chi connectivity index (χ4v) is 2.22. The summed E-state index contributed by atoms with van der Waals surface area (Å²) in [6, 6.07) is 1.12. The monoisotopic (exact) mass is 279 g/mol. The van der Waals surface area contributed by atoms with E-state index < -0.39 is 6.04 Å². The first-order valence-electron chi connectivity index (χ1n) is 6.92. The van der Waals surface area contributed by atoms with Gasteiger partial charge in [-0.2, -0.15) is 5.10 Å². The highest BCUT2D eigenvalue weighted by Crippen LogP contribution is 2.09. The topological polar surface area (TPSA) is 79.3 Å². The summed E-state index contributed by atoms with van der Waals surface area (Å²) >= 11 is 0. The number of urea groups is 1. The number of nitrogens with one attached hydrogen (secondary N) is 2. The normalized spacial score (nSPS) is 19.0. The molecule has 0 aliphatic carbocycles. The highest BCUT2D eigenvalue weighted by atomic mass is 16.2. The molecule has 7 heteroatoms. The van der Waals surface area contributed by atoms with Gasteiger partial charge in [-0.1, -0.05) is 0 Å². The molecule has 7 nitrogen and oxygen atoms in total. The Morgan fingerprint density at radius 2 is 2.35 bits per heavy atom. The zero-order chi connectivity index (χ0) is 14.5. The number of carbonyl (C=O) groups is 2. The summed E-state index contributed by atoms with van der Waals surface area (Å²) < 4.78 is 1.80. The third-order valence-electron chi connectivity index (χ3n) is 3.42. The van der Waals surface area contributed by atoms with E-state index in [1.165, 1.54) is 0 Å². The minimum atomic E-state index is -0.415. The number of hydrogen-bond acceptors (Lipinski definition) is 3. The first kappa shape index (κ1) is 14.4. The molecular weight excluding hydrogens is 258 g/mol. The predicted octanol–water partition coefficient (Wildman–Crippen LogP) is 0.323. The van der Waals surface area contributed by atoms with Crippen LogP contribution < -0.4 is 10.6 Å². The second kappa shape index (κ2) is 6.40. The lowest BCUT2D eigenvalue weighted by molar-refractivity contribution is -0.134. The molecule has 1 atom stereocenters. The van der Waals surface area contributed by atoms with E-state index in [2.05, 4.69) is 15.7 Å². The number of aromatic nitrogens is 2. The Hall–Kier alpha value is -2.05. The third-order valence-corrected chi connectivity index (χ3v) is 3.42. The van der Waals surface area contributed by atoms with Crippen molar-refractivity contribution in [2.24, 2.45) is 0 Å². The first-order chi connectivity index (χ1) is 9.60. The number of likely N-dealkylation sites (N-methyl/N-ethyl adjacent to an activating group) is 1. The molecule has 2 heterocycles. The molecule has 1 fully saturated rings. The number of carbonyl (C=O) groups excluding carboxylic acids is 2. The highest BCUT2D eigenvalue weighted by Gasteiger charge is 2.27. The summed E-state index contributed by atoms with van der Waals surface area (Å²) in [5, 5.41) is 9.71. The van der Waals surface area contributed by atoms with E-state index >= 15 is 0 Å². The second-order valence-electron chi connectivity index (χ2n) is 4.94. The van der Waals surface area contributed by atoms with Gasteiger partial charge in [0, 0.05) is 26.3 Å². The third kappa shape index (κ3) is 3.49. The zero-order valence-corrected chi connectivity index (χ0v) is 11.9. The molecule has 3 amide bonds. The highest BCUT2D eigenvalue weighted by molar-refractivity contribution is 5.87. The Balaban J connectivity index is 1.79. The van der Waals surface area contributed by atoms with E-state index in [1.807, 2.05) is 19.2 Å². The molecule has 0 saturated carbocycles. The quantitative estimate of drug-likeness (QED) is 0.833. The lowest BCUT2D eigenvalue weighted by Crippen LogP contribution is -2.53. The van der Waals surface area contributed by atoms with Gasteiger partial charge in [0.05, 0.1) is 12.2 Å². The molecule has 0 aromatic carbocycles. The number of amides is 3. The molecule has 1 aromatic rings. The van der Waals surface area contributed by atoms with Crippen molar-refractivity contribution >= 4 is 11.9 Å². The van der Waals surface area contributed by atoms with Crippen LogP contribution in [-0.4, -0.2) is 46.3 Å². The van der Waals surface area contributed by atoms with Gasteiger partial charge in [-0.3, -0.25) is 9.48 Å². The van der Waals surface area contributed by atoms with Crippen LogP contribution in [0.1, 0.15) is 25.5 Å². The lowest BCUT2D eigenvalue weighted by atomic mass is 10.1. The Labute approximate surface area is 118 Å². The molecule has 2 N–H and O–H groups in total. The second-order valence-corrected chi connectivity index (χ2v) is 4.94. The van der Waals surface area contributed by atoms with Gasteiger partial charge in [0.25, 0.3) is 0 Å². The molecule has 1 aromatic heterocycles. The lowest BCUT2D eigenvalue weighted by Gasteiger charge is -2.29. The van der Waals surface area contributed by atoms with Crippen molar-refractivity contribution in [2.75, 3.05) is 13.6 Å². The van der Waals surface area contributed by atoms with Gasteiger partial charge in [0.2, 0.25) is 5.91 Å². The molecule has 0 spiro atoms. The number of hydrogen-bond donors (Lipinski definition) is 2. The number of likely N-dealkylation sites (tertiary alicyclic amines) is 1. The molecule has 110 valence electrons. The molecule has 0 radical (unpaired) electrons. The Kier molecular flexibility index (Phi) is 4.60. The number of nitrogens with zero attached hydrogens (tertiary/aromatic N) is 3. The maximum atomic E-state index is 11.8. The van der Waals surface area contributed by atoms with Gasteiger partial charge in [0.15, 0.2) is 0 Å². The number of aryl methyl sites for hydroxylation is 1. The van der Waals surface area contributed by atoms with Crippen LogP contribution in [0.2, 0.25) is 0 Å². The standard InChI is InChI=1S/C13H21N5O2/c1-3-18-8-6-10(16-18)9-14-13(20)15-11-5-4-7-17(2)12(11)19/h6,8,11H,3-5,7,9H2,1-2H3,(H2,14,15,20). The smallest absolute Gasteiger partial charge is 0.315 e. The van der Waals surface area contributed by atoms with Crippen LogP contribution in [0.4, 0.5) is 4.79 Å². The van der Waals surface area contributed by atoms with Crippen LogP contribution in [0.25, 0.3) is 0 Å². The van der Waals surface area contributed by atoms with Gasteiger partial charge in [-0.15, -0.1) is 0 Å². The average Bonchev–Trinajstić information content (AvgIpc) is 2.90. The van der Waals surface area contributed by atoms with Crippen molar-refractivity contribution < 1.29 is 9.59 Å².